The summed E-state index contributed by atoms with van der Waals surface area (Å²) in [6.07, 6.45) is -0.625. The molecule has 1 unspecified atom stereocenters. The minimum absolute atomic E-state index is 0.328. The average molecular weight is 294 g/mol. The number of carbonyl (C=O) groups is 2. The molecule has 0 aliphatic heterocycles. The summed E-state index contributed by atoms with van der Waals surface area (Å²) in [5.41, 5.74) is 0.0228. The molecule has 0 aliphatic rings. The number of methoxy groups -OCH3 is 1. The number of rotatable bonds is 4. The normalized spacial score (nSPS) is 12.2. The van der Waals surface area contributed by atoms with Gasteiger partial charge < -0.3 is 20.1 Å². The molecular weight excluding hydrogens is 272 g/mol. The minimum Gasteiger partial charge on any atom is -0.497 e. The zero-order chi connectivity index (χ0) is 16.0. The number of ether oxygens (including phenoxy) is 2. The summed E-state index contributed by atoms with van der Waals surface area (Å²) in [7, 11) is 1.57. The number of anilines is 1. The van der Waals surface area contributed by atoms with Crippen molar-refractivity contribution in [2.75, 3.05) is 12.4 Å². The van der Waals surface area contributed by atoms with Gasteiger partial charge in [0.05, 0.1) is 7.11 Å². The topological polar surface area (TPSA) is 76.7 Å². The van der Waals surface area contributed by atoms with Gasteiger partial charge in [0, 0.05) is 5.69 Å². The van der Waals surface area contributed by atoms with Crippen molar-refractivity contribution in [3.05, 3.63) is 24.3 Å². The molecule has 0 saturated carbocycles. The van der Waals surface area contributed by atoms with Crippen molar-refractivity contribution in [3.8, 4) is 5.75 Å². The molecule has 0 aliphatic carbocycles. The Labute approximate surface area is 124 Å². The van der Waals surface area contributed by atoms with Crippen LogP contribution in [0.4, 0.5) is 10.5 Å². The van der Waals surface area contributed by atoms with Gasteiger partial charge in [0.2, 0.25) is 5.91 Å². The first-order chi connectivity index (χ1) is 9.71. The first-order valence-corrected chi connectivity index (χ1v) is 6.65. The predicted molar refractivity (Wildman–Crippen MR) is 80.5 cm³/mol. The number of hydrogen-bond acceptors (Lipinski definition) is 4. The Morgan fingerprint density at radius 2 is 1.71 bits per heavy atom. The van der Waals surface area contributed by atoms with Crippen LogP contribution in [0.25, 0.3) is 0 Å². The third-order valence-electron chi connectivity index (χ3n) is 2.48. The van der Waals surface area contributed by atoms with E-state index in [0.29, 0.717) is 11.4 Å². The van der Waals surface area contributed by atoms with Crippen LogP contribution in [-0.2, 0) is 9.53 Å². The van der Waals surface area contributed by atoms with Gasteiger partial charge in [0.25, 0.3) is 0 Å². The van der Waals surface area contributed by atoms with Gasteiger partial charge in [-0.3, -0.25) is 4.79 Å². The van der Waals surface area contributed by atoms with E-state index in [9.17, 15) is 9.59 Å². The molecule has 1 aromatic carbocycles. The second kappa shape index (κ2) is 6.97. The van der Waals surface area contributed by atoms with E-state index in [1.807, 2.05) is 0 Å². The molecule has 1 rings (SSSR count). The molecule has 0 heterocycles. The second-order valence-electron chi connectivity index (χ2n) is 5.59. The van der Waals surface area contributed by atoms with Crippen molar-refractivity contribution in [2.24, 2.45) is 0 Å². The van der Waals surface area contributed by atoms with Crippen LogP contribution >= 0.6 is 0 Å². The van der Waals surface area contributed by atoms with Crippen LogP contribution in [0.15, 0.2) is 24.3 Å². The van der Waals surface area contributed by atoms with Crippen molar-refractivity contribution in [3.63, 3.8) is 0 Å². The molecule has 0 saturated heterocycles. The largest absolute Gasteiger partial charge is 0.497 e. The Kier molecular flexibility index (Phi) is 5.58. The number of amides is 2. The van der Waals surface area contributed by atoms with Crippen LogP contribution < -0.4 is 15.4 Å². The lowest BCUT2D eigenvalue weighted by molar-refractivity contribution is -0.117. The van der Waals surface area contributed by atoms with Crippen molar-refractivity contribution in [1.29, 1.82) is 0 Å². The fraction of sp³-hybridized carbons (Fsp3) is 0.467. The zero-order valence-corrected chi connectivity index (χ0v) is 13.0. The Bertz CT molecular complexity index is 491. The van der Waals surface area contributed by atoms with Crippen molar-refractivity contribution in [1.82, 2.24) is 5.32 Å². The highest BCUT2D eigenvalue weighted by Gasteiger charge is 2.20. The molecule has 0 aromatic heterocycles. The lowest BCUT2D eigenvalue weighted by Gasteiger charge is -2.21. The van der Waals surface area contributed by atoms with Crippen molar-refractivity contribution in [2.45, 2.75) is 39.3 Å². The van der Waals surface area contributed by atoms with E-state index in [-0.39, 0.29) is 5.91 Å². The van der Waals surface area contributed by atoms with E-state index >= 15 is 0 Å². The Morgan fingerprint density at radius 3 is 2.19 bits per heavy atom. The lowest BCUT2D eigenvalue weighted by Crippen LogP contribution is -2.43. The fourth-order valence-electron chi connectivity index (χ4n) is 1.47. The molecule has 21 heavy (non-hydrogen) atoms. The standard InChI is InChI=1S/C15H22N2O4/c1-10(16-14(19)21-15(2,3)4)13(18)17-11-6-8-12(20-5)9-7-11/h6-10H,1-5H3,(H,16,19)(H,17,18). The summed E-state index contributed by atoms with van der Waals surface area (Å²) in [5, 5.41) is 5.18. The third kappa shape index (κ3) is 6.16. The fourth-order valence-corrected chi connectivity index (χ4v) is 1.47. The van der Waals surface area contributed by atoms with Gasteiger partial charge in [-0.1, -0.05) is 0 Å². The van der Waals surface area contributed by atoms with E-state index in [4.69, 9.17) is 9.47 Å². The summed E-state index contributed by atoms with van der Waals surface area (Å²) in [6, 6.07) is 6.21. The van der Waals surface area contributed by atoms with Crippen LogP contribution in [0.2, 0.25) is 0 Å². The summed E-state index contributed by atoms with van der Waals surface area (Å²) in [4.78, 5) is 23.5. The monoisotopic (exact) mass is 294 g/mol. The molecule has 1 atom stereocenters. The molecule has 0 radical (unpaired) electrons. The first kappa shape index (κ1) is 16.8. The van der Waals surface area contributed by atoms with Crippen molar-refractivity contribution < 1.29 is 19.1 Å². The number of benzene rings is 1. The highest BCUT2D eigenvalue weighted by Crippen LogP contribution is 2.15. The van der Waals surface area contributed by atoms with Gasteiger partial charge in [0.15, 0.2) is 0 Å². The van der Waals surface area contributed by atoms with E-state index in [1.165, 1.54) is 0 Å². The van der Waals surface area contributed by atoms with Crippen LogP contribution in [0.1, 0.15) is 27.7 Å². The van der Waals surface area contributed by atoms with Gasteiger partial charge >= 0.3 is 6.09 Å². The maximum Gasteiger partial charge on any atom is 0.408 e. The van der Waals surface area contributed by atoms with Gasteiger partial charge in [-0.15, -0.1) is 0 Å². The Morgan fingerprint density at radius 1 is 1.14 bits per heavy atom. The van der Waals surface area contributed by atoms with Gasteiger partial charge in [-0.2, -0.15) is 0 Å². The molecule has 6 nitrogen and oxygen atoms in total. The molecule has 116 valence electrons. The SMILES string of the molecule is COc1ccc(NC(=O)C(C)NC(=O)OC(C)(C)C)cc1. The Balaban J connectivity index is 2.52. The molecular formula is C15H22N2O4. The number of hydrogen-bond donors (Lipinski definition) is 2. The van der Waals surface area contributed by atoms with Crippen LogP contribution in [0.5, 0.6) is 5.75 Å². The van der Waals surface area contributed by atoms with Gasteiger partial charge in [-0.25, -0.2) is 4.79 Å². The van der Waals surface area contributed by atoms with E-state index in [1.54, 1.807) is 59.1 Å². The second-order valence-corrected chi connectivity index (χ2v) is 5.59. The zero-order valence-electron chi connectivity index (χ0n) is 13.0. The van der Waals surface area contributed by atoms with E-state index < -0.39 is 17.7 Å². The molecule has 0 bridgehead atoms. The first-order valence-electron chi connectivity index (χ1n) is 6.65. The highest BCUT2D eigenvalue weighted by molar-refractivity contribution is 5.96. The predicted octanol–water partition coefficient (Wildman–Crippen LogP) is 2.55. The lowest BCUT2D eigenvalue weighted by atomic mass is 10.2. The van der Waals surface area contributed by atoms with E-state index in [0.717, 1.165) is 0 Å². The summed E-state index contributed by atoms with van der Waals surface area (Å²) in [5.74, 6) is 0.374. The van der Waals surface area contributed by atoms with Gasteiger partial charge in [0.1, 0.15) is 17.4 Å². The molecule has 0 fully saturated rings. The highest BCUT2D eigenvalue weighted by atomic mass is 16.6. The van der Waals surface area contributed by atoms with Gasteiger partial charge in [-0.05, 0) is 52.0 Å². The van der Waals surface area contributed by atoms with Crippen LogP contribution in [0.3, 0.4) is 0 Å². The maximum absolute atomic E-state index is 12.0. The molecule has 2 amide bonds. The van der Waals surface area contributed by atoms with E-state index in [2.05, 4.69) is 10.6 Å². The molecule has 0 spiro atoms. The minimum atomic E-state index is -0.707. The summed E-state index contributed by atoms with van der Waals surface area (Å²) < 4.78 is 10.1. The summed E-state index contributed by atoms with van der Waals surface area (Å²) in [6.45, 7) is 6.86. The Hall–Kier alpha value is -2.24. The maximum atomic E-state index is 12.0. The quantitative estimate of drug-likeness (QED) is 0.894. The molecule has 1 aromatic rings. The number of nitrogens with one attached hydrogen (secondary N) is 2. The smallest absolute Gasteiger partial charge is 0.408 e. The molecule has 2 N–H and O–H groups in total. The molecule has 6 heteroatoms. The number of alkyl carbamates (subject to hydrolysis) is 1. The third-order valence-corrected chi connectivity index (χ3v) is 2.48. The average Bonchev–Trinajstić information content (AvgIpc) is 2.37. The number of carbonyl (C=O) groups excluding carboxylic acids is 2. The van der Waals surface area contributed by atoms with Crippen LogP contribution in [-0.4, -0.2) is 30.8 Å². The van der Waals surface area contributed by atoms with Crippen molar-refractivity contribution >= 4 is 17.7 Å². The van der Waals surface area contributed by atoms with Crippen LogP contribution in [0, 0.1) is 0 Å². The summed E-state index contributed by atoms with van der Waals surface area (Å²) >= 11 is 0.